The van der Waals surface area contributed by atoms with E-state index in [9.17, 15) is 0 Å². The van der Waals surface area contributed by atoms with Crippen LogP contribution >= 0.6 is 0 Å². The van der Waals surface area contributed by atoms with Crippen molar-refractivity contribution < 1.29 is 9.47 Å². The molecule has 0 heterocycles. The van der Waals surface area contributed by atoms with Crippen molar-refractivity contribution in [1.82, 2.24) is 0 Å². The van der Waals surface area contributed by atoms with Crippen molar-refractivity contribution >= 4 is 11.9 Å². The molecule has 4 heteroatoms. The lowest BCUT2D eigenvalue weighted by Gasteiger charge is -2.13. The van der Waals surface area contributed by atoms with Gasteiger partial charge in [-0.15, -0.1) is 0 Å². The van der Waals surface area contributed by atoms with E-state index < -0.39 is 0 Å². The van der Waals surface area contributed by atoms with Gasteiger partial charge in [0.25, 0.3) is 0 Å². The molecule has 0 aliphatic carbocycles. The molecular formula is C22H22N2O2. The lowest BCUT2D eigenvalue weighted by Crippen LogP contribution is -2.01. The van der Waals surface area contributed by atoms with Crippen LogP contribution in [0, 0.1) is 6.92 Å². The predicted molar refractivity (Wildman–Crippen MR) is 106 cm³/mol. The Morgan fingerprint density at radius 3 is 2.42 bits per heavy atom. The summed E-state index contributed by atoms with van der Waals surface area (Å²) in [6, 6.07) is 23.8. The van der Waals surface area contributed by atoms with E-state index in [4.69, 9.17) is 9.47 Å². The van der Waals surface area contributed by atoms with Crippen molar-refractivity contribution in [3.05, 3.63) is 89.5 Å². The summed E-state index contributed by atoms with van der Waals surface area (Å²) in [6.07, 6.45) is 1.74. The number of aryl methyl sites for hydroxylation is 1. The normalized spacial score (nSPS) is 10.7. The average Bonchev–Trinajstić information content (AvgIpc) is 2.69. The van der Waals surface area contributed by atoms with E-state index in [2.05, 4.69) is 41.7 Å². The van der Waals surface area contributed by atoms with Gasteiger partial charge >= 0.3 is 0 Å². The highest BCUT2D eigenvalue weighted by molar-refractivity contribution is 5.85. The fraction of sp³-hybridized carbons (Fsp3) is 0.136. The highest BCUT2D eigenvalue weighted by Crippen LogP contribution is 2.31. The molecule has 0 aromatic heterocycles. The van der Waals surface area contributed by atoms with Crippen molar-refractivity contribution in [2.24, 2.45) is 5.10 Å². The maximum atomic E-state index is 6.04. The first-order chi connectivity index (χ1) is 12.8. The molecule has 0 aliphatic heterocycles. The molecule has 0 bridgehead atoms. The molecule has 0 saturated carbocycles. The van der Waals surface area contributed by atoms with Crippen LogP contribution in [0.3, 0.4) is 0 Å². The standard InChI is InChI=1S/C22H22N2O2/c1-17-11-13-18(14-12-17)16-26-22-19(7-6-10-21(22)25-2)15-23-24-20-8-4-3-5-9-20/h3-15,24H,16H2,1-2H3/b23-15+. The van der Waals surface area contributed by atoms with Crippen molar-refractivity contribution in [3.63, 3.8) is 0 Å². The molecule has 0 radical (unpaired) electrons. The first kappa shape index (κ1) is 17.5. The summed E-state index contributed by atoms with van der Waals surface area (Å²) in [5, 5.41) is 4.30. The zero-order chi connectivity index (χ0) is 18.2. The lowest BCUT2D eigenvalue weighted by atomic mass is 10.1. The Morgan fingerprint density at radius 1 is 0.923 bits per heavy atom. The quantitative estimate of drug-likeness (QED) is 0.482. The van der Waals surface area contributed by atoms with E-state index in [0.29, 0.717) is 18.1 Å². The third-order valence-corrected chi connectivity index (χ3v) is 3.90. The number of methoxy groups -OCH3 is 1. The van der Waals surface area contributed by atoms with E-state index >= 15 is 0 Å². The molecule has 3 aromatic carbocycles. The third-order valence-electron chi connectivity index (χ3n) is 3.90. The number of nitrogens with zero attached hydrogens (tertiary/aromatic N) is 1. The molecule has 0 aliphatic rings. The fourth-order valence-corrected chi connectivity index (χ4v) is 2.48. The summed E-state index contributed by atoms with van der Waals surface area (Å²) < 4.78 is 11.5. The molecule has 4 nitrogen and oxygen atoms in total. The van der Waals surface area contributed by atoms with Gasteiger partial charge in [0.15, 0.2) is 11.5 Å². The number of hydrogen-bond acceptors (Lipinski definition) is 4. The summed E-state index contributed by atoms with van der Waals surface area (Å²) in [5.74, 6) is 1.36. The van der Waals surface area contributed by atoms with Crippen LogP contribution < -0.4 is 14.9 Å². The van der Waals surface area contributed by atoms with Gasteiger partial charge in [0.2, 0.25) is 0 Å². The average molecular weight is 346 g/mol. The number of para-hydroxylation sites is 2. The minimum atomic E-state index is 0.466. The summed E-state index contributed by atoms with van der Waals surface area (Å²) in [7, 11) is 1.64. The van der Waals surface area contributed by atoms with Crippen molar-refractivity contribution in [2.75, 3.05) is 12.5 Å². The van der Waals surface area contributed by atoms with Crippen LogP contribution in [0.4, 0.5) is 5.69 Å². The number of rotatable bonds is 7. The van der Waals surface area contributed by atoms with Gasteiger partial charge in [0.1, 0.15) is 6.61 Å². The van der Waals surface area contributed by atoms with E-state index in [1.54, 1.807) is 13.3 Å². The third kappa shape index (κ3) is 4.63. The predicted octanol–water partition coefficient (Wildman–Crippen LogP) is 5.03. The van der Waals surface area contributed by atoms with Crippen molar-refractivity contribution in [2.45, 2.75) is 13.5 Å². The van der Waals surface area contributed by atoms with Crippen LogP contribution in [0.15, 0.2) is 77.9 Å². The van der Waals surface area contributed by atoms with E-state index in [-0.39, 0.29) is 0 Å². The molecule has 132 valence electrons. The molecule has 3 aromatic rings. The Morgan fingerprint density at radius 2 is 1.69 bits per heavy atom. The smallest absolute Gasteiger partial charge is 0.170 e. The van der Waals surface area contributed by atoms with Gasteiger partial charge in [-0.2, -0.15) is 5.10 Å². The maximum Gasteiger partial charge on any atom is 0.170 e. The van der Waals surface area contributed by atoms with E-state index in [0.717, 1.165) is 16.8 Å². The Balaban J connectivity index is 1.75. The van der Waals surface area contributed by atoms with Crippen LogP contribution in [0.1, 0.15) is 16.7 Å². The van der Waals surface area contributed by atoms with Crippen LogP contribution in [-0.4, -0.2) is 13.3 Å². The number of hydrazone groups is 1. The molecule has 1 N–H and O–H groups in total. The number of anilines is 1. The fourth-order valence-electron chi connectivity index (χ4n) is 2.48. The summed E-state index contributed by atoms with van der Waals surface area (Å²) >= 11 is 0. The van der Waals surface area contributed by atoms with Crippen LogP contribution in [0.2, 0.25) is 0 Å². The molecule has 0 fully saturated rings. The molecular weight excluding hydrogens is 324 g/mol. The number of benzene rings is 3. The van der Waals surface area contributed by atoms with Gasteiger partial charge < -0.3 is 9.47 Å². The van der Waals surface area contributed by atoms with Crippen LogP contribution in [0.5, 0.6) is 11.5 Å². The van der Waals surface area contributed by atoms with E-state index in [1.165, 1.54) is 5.56 Å². The zero-order valence-corrected chi connectivity index (χ0v) is 15.0. The first-order valence-corrected chi connectivity index (χ1v) is 8.46. The summed E-state index contributed by atoms with van der Waals surface area (Å²) in [6.45, 7) is 2.53. The number of nitrogens with one attached hydrogen (secondary N) is 1. The van der Waals surface area contributed by atoms with Gasteiger partial charge in [0, 0.05) is 5.56 Å². The van der Waals surface area contributed by atoms with Gasteiger partial charge in [-0.1, -0.05) is 54.1 Å². The zero-order valence-electron chi connectivity index (χ0n) is 15.0. The summed E-state index contributed by atoms with van der Waals surface area (Å²) in [4.78, 5) is 0. The minimum Gasteiger partial charge on any atom is -0.493 e. The van der Waals surface area contributed by atoms with Crippen LogP contribution in [0.25, 0.3) is 0 Å². The van der Waals surface area contributed by atoms with Gasteiger partial charge in [-0.05, 0) is 36.8 Å². The first-order valence-electron chi connectivity index (χ1n) is 8.46. The maximum absolute atomic E-state index is 6.04. The highest BCUT2D eigenvalue weighted by atomic mass is 16.5. The Bertz CT molecular complexity index is 859. The number of ether oxygens (including phenoxy) is 2. The molecule has 0 saturated heterocycles. The molecule has 0 amide bonds. The molecule has 0 unspecified atom stereocenters. The monoisotopic (exact) mass is 346 g/mol. The Kier molecular flexibility index (Phi) is 5.88. The second-order valence-corrected chi connectivity index (χ2v) is 5.89. The van der Waals surface area contributed by atoms with Gasteiger partial charge in [-0.3, -0.25) is 5.43 Å². The Hall–Kier alpha value is -3.27. The second-order valence-electron chi connectivity index (χ2n) is 5.89. The Labute approximate surface area is 154 Å². The van der Waals surface area contributed by atoms with Crippen molar-refractivity contribution in [3.8, 4) is 11.5 Å². The minimum absolute atomic E-state index is 0.466. The molecule has 0 atom stereocenters. The van der Waals surface area contributed by atoms with Gasteiger partial charge in [-0.25, -0.2) is 0 Å². The number of hydrogen-bond donors (Lipinski definition) is 1. The molecule has 26 heavy (non-hydrogen) atoms. The second kappa shape index (κ2) is 8.72. The molecule has 0 spiro atoms. The lowest BCUT2D eigenvalue weighted by molar-refractivity contribution is 0.284. The topological polar surface area (TPSA) is 42.8 Å². The molecule has 3 rings (SSSR count). The summed E-state index contributed by atoms with van der Waals surface area (Å²) in [5.41, 5.74) is 7.11. The highest BCUT2D eigenvalue weighted by Gasteiger charge is 2.09. The largest absolute Gasteiger partial charge is 0.493 e. The van der Waals surface area contributed by atoms with E-state index in [1.807, 2.05) is 48.5 Å². The van der Waals surface area contributed by atoms with Crippen molar-refractivity contribution in [1.29, 1.82) is 0 Å². The SMILES string of the molecule is COc1cccc(/C=N/Nc2ccccc2)c1OCc1ccc(C)cc1. The van der Waals surface area contributed by atoms with Gasteiger partial charge in [0.05, 0.1) is 19.0 Å². The van der Waals surface area contributed by atoms with Crippen LogP contribution in [-0.2, 0) is 6.61 Å².